The summed E-state index contributed by atoms with van der Waals surface area (Å²) in [5.41, 5.74) is 7.99. The topological polar surface area (TPSA) is 223 Å². The Labute approximate surface area is 543 Å². The van der Waals surface area contributed by atoms with Crippen LogP contribution < -0.4 is 30.6 Å². The van der Waals surface area contributed by atoms with E-state index in [2.05, 4.69) is 43.2 Å². The molecule has 4 saturated heterocycles. The van der Waals surface area contributed by atoms with Gasteiger partial charge in [0.1, 0.15) is 40.4 Å². The van der Waals surface area contributed by atoms with Gasteiger partial charge in [0, 0.05) is 115 Å². The van der Waals surface area contributed by atoms with Gasteiger partial charge in [0.2, 0.25) is 5.88 Å². The fraction of sp³-hybridized carbons (Fsp3) is 0.464. The summed E-state index contributed by atoms with van der Waals surface area (Å²) in [6.45, 7) is 11.2. The van der Waals surface area contributed by atoms with Gasteiger partial charge in [-0.15, -0.1) is 11.8 Å². The van der Waals surface area contributed by atoms with E-state index in [0.717, 1.165) is 142 Å². The maximum Gasteiger partial charge on any atom is 0.302 e. The summed E-state index contributed by atoms with van der Waals surface area (Å²) >= 11 is 2.99. The van der Waals surface area contributed by atoms with E-state index >= 15 is 0 Å². The van der Waals surface area contributed by atoms with Crippen LogP contribution in [-0.4, -0.2) is 169 Å². The number of hydrogen-bond acceptors (Lipinski definition) is 20. The smallest absolute Gasteiger partial charge is 0.302 e. The van der Waals surface area contributed by atoms with Gasteiger partial charge in [0.05, 0.1) is 46.5 Å². The van der Waals surface area contributed by atoms with Gasteiger partial charge in [-0.3, -0.25) is 28.0 Å². The molecular weight excluding hydrogens is 1210 g/mol. The Hall–Kier alpha value is -7.32. The van der Waals surface area contributed by atoms with Crippen molar-refractivity contribution in [3.05, 3.63) is 134 Å². The highest BCUT2D eigenvalue weighted by atomic mass is 32.2. The normalized spacial score (nSPS) is 19.7. The number of ether oxygens (including phenoxy) is 8. The number of nitrogens with zero attached hydrogens (tertiary/aromatic N) is 7. The number of piperidine rings is 3. The van der Waals surface area contributed by atoms with Crippen molar-refractivity contribution in [2.24, 2.45) is 0 Å². The van der Waals surface area contributed by atoms with Crippen molar-refractivity contribution in [1.82, 2.24) is 43.9 Å². The van der Waals surface area contributed by atoms with E-state index in [-0.39, 0.29) is 54.4 Å². The first kappa shape index (κ1) is 64.8. The van der Waals surface area contributed by atoms with Crippen LogP contribution in [0.15, 0.2) is 105 Å². The Morgan fingerprint density at radius 3 is 2.36 bits per heavy atom. The molecule has 8 aromatic rings. The number of amides is 1. The number of hydrogen-bond donors (Lipinski definition) is 2. The third-order valence-electron chi connectivity index (χ3n) is 17.6. The molecule has 0 spiro atoms. The van der Waals surface area contributed by atoms with Crippen LogP contribution in [-0.2, 0) is 53.9 Å². The SMILES string of the molecule is COCOc1cc(COC2CCCCO2)cc2nc(OC)c(-c3cccc(C(=O)NCCN4CCC(OC(C)=O)CC4)c3SCc3ccccc3)nc12.CO[C@@H]1CCCN(Cc2cc3c4nc(c(=O)[nH]c4c2)-c2cccc4c(=O)n(sc24)CCN2CCC(CC2)O3)C1. The minimum atomic E-state index is -0.265. The number of methoxy groups -OCH3 is 3. The highest BCUT2D eigenvalue weighted by Gasteiger charge is 2.29. The van der Waals surface area contributed by atoms with Gasteiger partial charge in [-0.25, -0.2) is 15.0 Å². The minimum Gasteiger partial charge on any atom is -0.488 e. The van der Waals surface area contributed by atoms with E-state index in [9.17, 15) is 19.2 Å². The quantitative estimate of drug-likeness (QED) is 0.0436. The fourth-order valence-electron chi connectivity index (χ4n) is 12.8. The molecule has 9 heterocycles. The Morgan fingerprint density at radius 1 is 0.761 bits per heavy atom. The molecule has 5 aromatic carbocycles. The molecule has 0 radical (unpaired) electrons. The van der Waals surface area contributed by atoms with Gasteiger partial charge >= 0.3 is 5.97 Å². The third kappa shape index (κ3) is 15.7. The summed E-state index contributed by atoms with van der Waals surface area (Å²) in [6, 6.07) is 29.3. The van der Waals surface area contributed by atoms with E-state index in [4.69, 9.17) is 52.8 Å². The zero-order chi connectivity index (χ0) is 63.5. The first-order chi connectivity index (χ1) is 45.0. The molecule has 6 aliphatic rings. The number of carbonyl (C=O) groups excluding carboxylic acids is 2. The second-order valence-electron chi connectivity index (χ2n) is 24.0. The summed E-state index contributed by atoms with van der Waals surface area (Å²) < 4.78 is 49.3. The standard InChI is InChI=1S/C40H48N4O8S.C29H33N5O4S/c1-27(45)52-30-15-18-44(19-16-30)20-17-41-39(46)32-13-9-12-31(38(32)53-25-28-10-5-4-6-11-28)36-40(48-3)42-33-22-29(24-50-35-14-7-8-21-49-35)23-34(37(33)43-36)51-26-47-2;1-37-20-4-3-9-33(17-20)16-18-14-23-26-24(15-18)38-19-7-10-32(11-8-19)12-13-34-29(36)22-6-2-5-21(27(22)39-34)25(31-26)28(35)30-23/h4-6,9-13,22-23,30,35H,7-8,14-21,24-26H2,1-3H3,(H,41,46);2,5-6,14-15,19-20H,3-4,7-13,16-17H2,1H3,(H,30,35)/t;20-/m.1/s1. The van der Waals surface area contributed by atoms with Crippen molar-refractivity contribution in [3.63, 3.8) is 0 Å². The van der Waals surface area contributed by atoms with Crippen LogP contribution in [0.1, 0.15) is 91.8 Å². The molecule has 14 rings (SSSR count). The van der Waals surface area contributed by atoms with Crippen LogP contribution in [0.2, 0.25) is 0 Å². The Kier molecular flexibility index (Phi) is 21.6. The maximum absolute atomic E-state index is 13.9. The van der Waals surface area contributed by atoms with E-state index in [1.165, 1.54) is 18.5 Å². The van der Waals surface area contributed by atoms with Crippen LogP contribution >= 0.6 is 23.3 Å². The summed E-state index contributed by atoms with van der Waals surface area (Å²) in [7, 11) is 4.91. The highest BCUT2D eigenvalue weighted by molar-refractivity contribution is 7.98. The minimum absolute atomic E-state index is 0.00173. The number of esters is 1. The predicted molar refractivity (Wildman–Crippen MR) is 355 cm³/mol. The number of carbonyl (C=O) groups is 2. The van der Waals surface area contributed by atoms with Crippen LogP contribution in [0.4, 0.5) is 0 Å². The number of thioether (sulfide) groups is 1. The lowest BCUT2D eigenvalue weighted by Crippen LogP contribution is -2.41. The molecule has 1 amide bonds. The summed E-state index contributed by atoms with van der Waals surface area (Å²) in [4.78, 5) is 77.9. The molecule has 2 N–H and O–H groups in total. The second-order valence-corrected chi connectivity index (χ2v) is 26.1. The van der Waals surface area contributed by atoms with Gasteiger partial charge in [-0.2, -0.15) is 0 Å². The molecule has 486 valence electrons. The number of H-pyrrole nitrogens is 1. The molecular formula is C69H81N9O12S2. The maximum atomic E-state index is 13.9. The second kappa shape index (κ2) is 30.6. The number of fused-ring (bicyclic) bond motifs is 4. The number of rotatable bonds is 19. The predicted octanol–water partition coefficient (Wildman–Crippen LogP) is 9.81. The molecule has 23 heteroatoms. The van der Waals surface area contributed by atoms with Crippen molar-refractivity contribution < 1.29 is 47.5 Å². The molecule has 6 aliphatic heterocycles. The molecule has 4 fully saturated rings. The van der Waals surface area contributed by atoms with E-state index in [0.29, 0.717) is 106 Å². The number of nitrogens with one attached hydrogen (secondary N) is 2. The molecule has 1 unspecified atom stereocenters. The number of likely N-dealkylation sites (tertiary alicyclic amines) is 2. The van der Waals surface area contributed by atoms with E-state index in [1.807, 2.05) is 76.8 Å². The van der Waals surface area contributed by atoms with E-state index < -0.39 is 0 Å². The largest absolute Gasteiger partial charge is 0.488 e. The van der Waals surface area contributed by atoms with Crippen molar-refractivity contribution in [2.75, 3.05) is 93.6 Å². The van der Waals surface area contributed by atoms with Crippen molar-refractivity contribution in [1.29, 1.82) is 0 Å². The highest BCUT2D eigenvalue weighted by Crippen LogP contribution is 2.41. The first-order valence-corrected chi connectivity index (χ1v) is 33.8. The monoisotopic (exact) mass is 1290 g/mol. The summed E-state index contributed by atoms with van der Waals surface area (Å²) in [5, 5.41) is 3.77. The van der Waals surface area contributed by atoms with Crippen molar-refractivity contribution in [2.45, 2.75) is 120 Å². The van der Waals surface area contributed by atoms with Crippen LogP contribution in [0, 0.1) is 0 Å². The average molecular weight is 1290 g/mol. The Morgan fingerprint density at radius 2 is 1.58 bits per heavy atom. The van der Waals surface area contributed by atoms with E-state index in [1.54, 1.807) is 33.1 Å². The lowest BCUT2D eigenvalue weighted by Gasteiger charge is -2.33. The number of benzene rings is 5. The van der Waals surface area contributed by atoms with Crippen LogP contribution in [0.25, 0.3) is 54.7 Å². The van der Waals surface area contributed by atoms with Gasteiger partial charge < -0.3 is 58.0 Å². The van der Waals surface area contributed by atoms with Gasteiger partial charge in [-0.1, -0.05) is 66.1 Å². The van der Waals surface area contributed by atoms with Gasteiger partial charge in [-0.05, 0) is 117 Å². The molecule has 2 atom stereocenters. The average Bonchev–Trinajstić information content (AvgIpc) is 1.24. The van der Waals surface area contributed by atoms with Crippen molar-refractivity contribution in [3.8, 4) is 39.9 Å². The summed E-state index contributed by atoms with van der Waals surface area (Å²) in [6.07, 6.45) is 8.60. The number of aromatic amines is 1. The molecule has 92 heavy (non-hydrogen) atoms. The number of aromatic nitrogens is 5. The zero-order valence-corrected chi connectivity index (χ0v) is 54.4. The first-order valence-electron chi connectivity index (χ1n) is 32.0. The third-order valence-corrected chi connectivity index (χ3v) is 20.0. The zero-order valence-electron chi connectivity index (χ0n) is 52.8. The lowest BCUT2D eigenvalue weighted by atomic mass is 10.1. The molecule has 0 aliphatic carbocycles. The fourth-order valence-corrected chi connectivity index (χ4v) is 15.0. The van der Waals surface area contributed by atoms with Crippen molar-refractivity contribution >= 4 is 67.3 Å². The molecule has 3 aromatic heterocycles. The Balaban J connectivity index is 0.000000185. The molecule has 21 nitrogen and oxygen atoms in total. The molecule has 0 saturated carbocycles. The van der Waals surface area contributed by atoms with Gasteiger partial charge in [0.25, 0.3) is 17.0 Å². The molecule has 6 bridgehead atoms. The lowest BCUT2D eigenvalue weighted by molar-refractivity contribution is -0.168. The van der Waals surface area contributed by atoms with Crippen LogP contribution in [0.3, 0.4) is 0 Å². The van der Waals surface area contributed by atoms with Crippen LogP contribution in [0.5, 0.6) is 17.4 Å². The van der Waals surface area contributed by atoms with Gasteiger partial charge in [0.15, 0.2) is 18.8 Å². The summed E-state index contributed by atoms with van der Waals surface area (Å²) in [5.74, 6) is 1.74. The Bertz CT molecular complexity index is 3990.